The largest absolute Gasteiger partial charge is 0.480 e. The Hall–Kier alpha value is -2.49. The molecule has 1 aliphatic heterocycles. The monoisotopic (exact) mass is 262 g/mol. The molecule has 2 amide bonds. The average Bonchev–Trinajstić information content (AvgIpc) is 2.83. The van der Waals surface area contributed by atoms with Crippen LogP contribution in [0.3, 0.4) is 0 Å². The van der Waals surface area contributed by atoms with Crippen LogP contribution in [-0.4, -0.2) is 56.5 Å². The number of nitrogens with one attached hydrogen (secondary N) is 1. The summed E-state index contributed by atoms with van der Waals surface area (Å²) in [4.78, 5) is 33.1. The molecule has 0 radical (unpaired) electrons. The highest BCUT2D eigenvalue weighted by Crippen LogP contribution is 2.21. The predicted molar refractivity (Wildman–Crippen MR) is 66.1 cm³/mol. The van der Waals surface area contributed by atoms with Gasteiger partial charge in [0.1, 0.15) is 6.04 Å². The molecule has 0 spiro atoms. The molecule has 19 heavy (non-hydrogen) atoms. The number of carbonyl (C=O) groups excluding carboxylic acids is 1. The number of imidazole rings is 1. The third-order valence-corrected chi connectivity index (χ3v) is 3.08. The maximum Gasteiger partial charge on any atom is 0.326 e. The highest BCUT2D eigenvalue weighted by molar-refractivity contribution is 5.83. The number of nitrogens with zero attached hydrogens (tertiary/aromatic N) is 3. The minimum Gasteiger partial charge on any atom is -0.480 e. The van der Waals surface area contributed by atoms with Crippen LogP contribution in [-0.2, 0) is 17.8 Å². The van der Waals surface area contributed by atoms with Gasteiger partial charge in [0, 0.05) is 13.5 Å². The molecule has 7 heteroatoms. The number of H-pyrrole nitrogens is 1. The number of aromatic amines is 1. The number of carboxylic acids is 1. The second-order valence-corrected chi connectivity index (χ2v) is 4.36. The smallest absolute Gasteiger partial charge is 0.326 e. The number of aliphatic carboxylic acids is 1. The van der Waals surface area contributed by atoms with Gasteiger partial charge in [0.25, 0.3) is 0 Å². The molecule has 0 aliphatic carbocycles. The summed E-state index contributed by atoms with van der Waals surface area (Å²) in [6.45, 7) is 0.331. The average molecular weight is 262 g/mol. The van der Waals surface area contributed by atoms with Crippen LogP contribution in [0, 0.1) is 12.3 Å². The third-order valence-electron chi connectivity index (χ3n) is 3.08. The lowest BCUT2D eigenvalue weighted by atomic mass is 10.0. The topological polar surface area (TPSA) is 89.5 Å². The lowest BCUT2D eigenvalue weighted by Crippen LogP contribution is -2.52. The van der Waals surface area contributed by atoms with E-state index in [0.29, 0.717) is 5.69 Å². The summed E-state index contributed by atoms with van der Waals surface area (Å²) in [5.74, 6) is 1.31. The van der Waals surface area contributed by atoms with E-state index in [1.165, 1.54) is 16.1 Å². The lowest BCUT2D eigenvalue weighted by molar-refractivity contribution is -0.142. The number of carboxylic acid groups (broad SMARTS) is 1. The molecular weight excluding hydrogens is 248 g/mol. The number of hydrogen-bond acceptors (Lipinski definition) is 3. The standard InChI is InChI=1S/C12H14N4O3/c1-3-4-15(2)12(19)16-6-9-8(13-7-14-9)5-10(16)11(17)18/h1,7,10H,4-6H2,2H3,(H,13,14)(H,17,18). The summed E-state index contributed by atoms with van der Waals surface area (Å²) in [6, 6.07) is -1.31. The van der Waals surface area contributed by atoms with Crippen LogP contribution >= 0.6 is 0 Å². The van der Waals surface area contributed by atoms with Crippen molar-refractivity contribution in [2.45, 2.75) is 19.0 Å². The molecule has 7 nitrogen and oxygen atoms in total. The van der Waals surface area contributed by atoms with E-state index in [0.717, 1.165) is 5.69 Å². The van der Waals surface area contributed by atoms with Crippen molar-refractivity contribution in [3.63, 3.8) is 0 Å². The molecule has 1 aliphatic rings. The van der Waals surface area contributed by atoms with Crippen molar-refractivity contribution < 1.29 is 14.7 Å². The van der Waals surface area contributed by atoms with Crippen molar-refractivity contribution in [2.24, 2.45) is 0 Å². The van der Waals surface area contributed by atoms with Gasteiger partial charge in [-0.2, -0.15) is 0 Å². The van der Waals surface area contributed by atoms with Gasteiger partial charge in [-0.25, -0.2) is 14.6 Å². The summed E-state index contributed by atoms with van der Waals surface area (Å²) in [7, 11) is 1.55. The molecule has 1 aromatic heterocycles. The number of urea groups is 1. The van der Waals surface area contributed by atoms with E-state index < -0.39 is 18.0 Å². The first-order chi connectivity index (χ1) is 9.04. The molecule has 2 rings (SSSR count). The molecule has 1 unspecified atom stereocenters. The first kappa shape index (κ1) is 13.0. The minimum absolute atomic E-state index is 0.136. The Morgan fingerprint density at radius 3 is 3.11 bits per heavy atom. The van der Waals surface area contributed by atoms with Crippen molar-refractivity contribution >= 4 is 12.0 Å². The van der Waals surface area contributed by atoms with Gasteiger partial charge in [-0.1, -0.05) is 5.92 Å². The molecule has 0 saturated carbocycles. The lowest BCUT2D eigenvalue weighted by Gasteiger charge is -2.34. The maximum absolute atomic E-state index is 12.2. The molecule has 0 saturated heterocycles. The highest BCUT2D eigenvalue weighted by atomic mass is 16.4. The molecule has 0 aromatic carbocycles. The Morgan fingerprint density at radius 1 is 1.74 bits per heavy atom. The minimum atomic E-state index is -1.05. The van der Waals surface area contributed by atoms with Crippen molar-refractivity contribution in [3.8, 4) is 12.3 Å². The summed E-state index contributed by atoms with van der Waals surface area (Å²) in [6.07, 6.45) is 6.86. The van der Waals surface area contributed by atoms with E-state index >= 15 is 0 Å². The number of aromatic nitrogens is 2. The zero-order valence-electron chi connectivity index (χ0n) is 10.5. The van der Waals surface area contributed by atoms with Gasteiger partial charge in [0.05, 0.1) is 30.8 Å². The SMILES string of the molecule is C#CCN(C)C(=O)N1Cc2[nH]cnc2CC1C(=O)O. The number of fused-ring (bicyclic) bond motifs is 1. The Bertz CT molecular complexity index is 545. The second-order valence-electron chi connectivity index (χ2n) is 4.36. The van der Waals surface area contributed by atoms with E-state index in [-0.39, 0.29) is 19.5 Å². The van der Waals surface area contributed by atoms with Crippen LogP contribution in [0.4, 0.5) is 4.79 Å². The van der Waals surface area contributed by atoms with Gasteiger partial charge in [-0.3, -0.25) is 0 Å². The first-order valence-corrected chi connectivity index (χ1v) is 5.73. The highest BCUT2D eigenvalue weighted by Gasteiger charge is 2.36. The summed E-state index contributed by atoms with van der Waals surface area (Å²) < 4.78 is 0. The molecule has 1 aromatic rings. The third kappa shape index (κ3) is 2.38. The van der Waals surface area contributed by atoms with Crippen LogP contribution in [0.2, 0.25) is 0 Å². The van der Waals surface area contributed by atoms with Gasteiger partial charge < -0.3 is 19.9 Å². The number of hydrogen-bond donors (Lipinski definition) is 2. The second kappa shape index (κ2) is 5.02. The summed E-state index contributed by atoms with van der Waals surface area (Å²) in [5.41, 5.74) is 1.45. The molecule has 100 valence electrons. The maximum atomic E-state index is 12.2. The molecule has 0 fully saturated rings. The van der Waals surface area contributed by atoms with E-state index in [2.05, 4.69) is 15.9 Å². The first-order valence-electron chi connectivity index (χ1n) is 5.73. The Labute approximate surface area is 110 Å². The van der Waals surface area contributed by atoms with Gasteiger partial charge in [0.15, 0.2) is 0 Å². The van der Waals surface area contributed by atoms with E-state index in [1.54, 1.807) is 7.05 Å². The van der Waals surface area contributed by atoms with E-state index in [1.807, 2.05) is 0 Å². The van der Waals surface area contributed by atoms with Gasteiger partial charge in [-0.05, 0) is 0 Å². The Morgan fingerprint density at radius 2 is 2.47 bits per heavy atom. The number of amides is 2. The zero-order valence-corrected chi connectivity index (χ0v) is 10.5. The van der Waals surface area contributed by atoms with Crippen molar-refractivity contribution in [1.29, 1.82) is 0 Å². The molecule has 2 heterocycles. The summed E-state index contributed by atoms with van der Waals surface area (Å²) in [5, 5.41) is 9.24. The van der Waals surface area contributed by atoms with Crippen LogP contribution in [0.15, 0.2) is 6.33 Å². The van der Waals surface area contributed by atoms with Gasteiger partial charge in [0.2, 0.25) is 0 Å². The predicted octanol–water partition coefficient (Wildman–Crippen LogP) is -0.0940. The van der Waals surface area contributed by atoms with Crippen molar-refractivity contribution in [2.75, 3.05) is 13.6 Å². The van der Waals surface area contributed by atoms with Crippen molar-refractivity contribution in [1.82, 2.24) is 19.8 Å². The molecular formula is C12H14N4O3. The Kier molecular flexibility index (Phi) is 3.42. The van der Waals surface area contributed by atoms with Crippen molar-refractivity contribution in [3.05, 3.63) is 17.7 Å². The van der Waals surface area contributed by atoms with E-state index in [4.69, 9.17) is 6.42 Å². The number of rotatable bonds is 2. The fraction of sp³-hybridized carbons (Fsp3) is 0.417. The molecule has 1 atom stereocenters. The van der Waals surface area contributed by atoms with E-state index in [9.17, 15) is 14.7 Å². The number of carbonyl (C=O) groups is 2. The van der Waals surface area contributed by atoms with Crippen LogP contribution in [0.5, 0.6) is 0 Å². The van der Waals surface area contributed by atoms with Crippen LogP contribution in [0.1, 0.15) is 11.4 Å². The number of terminal acetylenes is 1. The summed E-state index contributed by atoms with van der Waals surface area (Å²) >= 11 is 0. The quantitative estimate of drug-likeness (QED) is 0.729. The zero-order chi connectivity index (χ0) is 14.0. The fourth-order valence-electron chi connectivity index (χ4n) is 2.08. The molecule has 2 N–H and O–H groups in total. The molecule has 0 bridgehead atoms. The van der Waals surface area contributed by atoms with Gasteiger partial charge in [-0.15, -0.1) is 6.42 Å². The van der Waals surface area contributed by atoms with Crippen LogP contribution in [0.25, 0.3) is 0 Å². The van der Waals surface area contributed by atoms with Gasteiger partial charge >= 0.3 is 12.0 Å². The normalized spacial score (nSPS) is 17.5. The Balaban J connectivity index is 2.25. The van der Waals surface area contributed by atoms with Crippen LogP contribution < -0.4 is 0 Å². The fourth-order valence-corrected chi connectivity index (χ4v) is 2.08.